The molecule has 2 aromatic rings. The van der Waals surface area contributed by atoms with Crippen molar-refractivity contribution in [2.24, 2.45) is 0 Å². The molecule has 0 bridgehead atoms. The number of rotatable bonds is 5. The lowest BCUT2D eigenvalue weighted by atomic mass is 10.1. The van der Waals surface area contributed by atoms with Crippen molar-refractivity contribution in [3.63, 3.8) is 0 Å². The summed E-state index contributed by atoms with van der Waals surface area (Å²) in [5.41, 5.74) is 1.12. The molecule has 130 valence electrons. The molecule has 0 aliphatic heterocycles. The summed E-state index contributed by atoms with van der Waals surface area (Å²) in [7, 11) is 0. The Labute approximate surface area is 149 Å². The molecule has 0 aromatic heterocycles. The molecule has 1 unspecified atom stereocenters. The highest BCUT2D eigenvalue weighted by atomic mass is 35.5. The van der Waals surface area contributed by atoms with Gasteiger partial charge in [-0.25, -0.2) is 0 Å². The highest BCUT2D eigenvalue weighted by Crippen LogP contribution is 2.22. The molecule has 0 heterocycles. The number of benzene rings is 2. The third kappa shape index (κ3) is 4.54. The fraction of sp³-hybridized carbons (Fsp3) is 0.176. The van der Waals surface area contributed by atoms with Crippen LogP contribution in [0.5, 0.6) is 0 Å². The first kappa shape index (κ1) is 18.4. The van der Waals surface area contributed by atoms with Gasteiger partial charge in [0.05, 0.1) is 21.2 Å². The molecular formula is C17H16ClN3O4. The number of nitrogens with one attached hydrogen (secondary N) is 2. The maximum absolute atomic E-state index is 12.3. The topological polar surface area (TPSA) is 101 Å². The van der Waals surface area contributed by atoms with Gasteiger partial charge in [0.25, 0.3) is 11.6 Å². The Morgan fingerprint density at radius 1 is 1.20 bits per heavy atom. The molecule has 0 spiro atoms. The van der Waals surface area contributed by atoms with Crippen LogP contribution in [0.2, 0.25) is 5.02 Å². The number of nitro benzene ring substituents is 1. The third-order valence-corrected chi connectivity index (χ3v) is 3.88. The maximum atomic E-state index is 12.3. The monoisotopic (exact) mass is 361 g/mol. The summed E-state index contributed by atoms with van der Waals surface area (Å²) in [5.74, 6) is -0.979. The lowest BCUT2D eigenvalue weighted by molar-refractivity contribution is -0.384. The molecule has 1 atom stereocenters. The van der Waals surface area contributed by atoms with Crippen molar-refractivity contribution in [3.8, 4) is 0 Å². The number of hydrogen-bond donors (Lipinski definition) is 2. The first-order valence-corrected chi connectivity index (χ1v) is 7.78. The molecule has 2 rings (SSSR count). The predicted octanol–water partition coefficient (Wildman–Crippen LogP) is 3.31. The van der Waals surface area contributed by atoms with Crippen LogP contribution in [0, 0.1) is 17.0 Å². The van der Waals surface area contributed by atoms with Crippen molar-refractivity contribution in [2.75, 3.05) is 5.32 Å². The molecule has 2 N–H and O–H groups in total. The van der Waals surface area contributed by atoms with Gasteiger partial charge in [-0.1, -0.05) is 29.8 Å². The molecule has 0 aliphatic carbocycles. The number of carbonyl (C=O) groups excluding carboxylic acids is 2. The number of anilines is 1. The van der Waals surface area contributed by atoms with Crippen molar-refractivity contribution in [1.29, 1.82) is 0 Å². The van der Waals surface area contributed by atoms with E-state index >= 15 is 0 Å². The molecule has 2 aromatic carbocycles. The Bertz CT molecular complexity index is 838. The van der Waals surface area contributed by atoms with Crippen molar-refractivity contribution < 1.29 is 14.5 Å². The van der Waals surface area contributed by atoms with Gasteiger partial charge in [0.1, 0.15) is 6.04 Å². The summed E-state index contributed by atoms with van der Waals surface area (Å²) < 4.78 is 0. The molecule has 0 fully saturated rings. The molecule has 0 radical (unpaired) electrons. The smallest absolute Gasteiger partial charge is 0.271 e. The summed E-state index contributed by atoms with van der Waals surface area (Å²) in [6.07, 6.45) is 0. The van der Waals surface area contributed by atoms with E-state index in [9.17, 15) is 19.7 Å². The number of halogens is 1. The first-order valence-electron chi connectivity index (χ1n) is 7.41. The standard InChI is InChI=1S/C17H16ClN3O4/c1-10-7-8-12(21(24)25)9-15(10)20-16(22)11(2)19-17(23)13-5-3-4-6-14(13)18/h3-9,11H,1-2H3,(H,19,23)(H,20,22). The minimum Gasteiger partial charge on any atom is -0.340 e. The average Bonchev–Trinajstić information content (AvgIpc) is 2.56. The van der Waals surface area contributed by atoms with Crippen LogP contribution in [0.15, 0.2) is 42.5 Å². The number of carbonyl (C=O) groups is 2. The fourth-order valence-corrected chi connectivity index (χ4v) is 2.31. The Hall–Kier alpha value is -2.93. The maximum Gasteiger partial charge on any atom is 0.271 e. The summed E-state index contributed by atoms with van der Waals surface area (Å²) in [6.45, 7) is 3.23. The molecule has 0 saturated heterocycles. The van der Waals surface area contributed by atoms with E-state index in [0.717, 1.165) is 0 Å². The second-order valence-electron chi connectivity index (χ2n) is 5.42. The van der Waals surface area contributed by atoms with Gasteiger partial charge in [0, 0.05) is 12.1 Å². The molecule has 7 nitrogen and oxygen atoms in total. The summed E-state index contributed by atoms with van der Waals surface area (Å²) in [4.78, 5) is 34.7. The zero-order valence-corrected chi connectivity index (χ0v) is 14.3. The summed E-state index contributed by atoms with van der Waals surface area (Å²) >= 11 is 5.95. The van der Waals surface area contributed by atoms with Crippen LogP contribution in [0.1, 0.15) is 22.8 Å². The second-order valence-corrected chi connectivity index (χ2v) is 5.83. The Kier molecular flexibility index (Phi) is 5.71. The van der Waals surface area contributed by atoms with Gasteiger partial charge in [-0.3, -0.25) is 19.7 Å². The van der Waals surface area contributed by atoms with E-state index < -0.39 is 22.8 Å². The van der Waals surface area contributed by atoms with Crippen molar-refractivity contribution >= 4 is 34.8 Å². The van der Waals surface area contributed by atoms with Crippen LogP contribution in [0.3, 0.4) is 0 Å². The van der Waals surface area contributed by atoms with E-state index in [1.54, 1.807) is 37.3 Å². The normalized spacial score (nSPS) is 11.5. The SMILES string of the molecule is Cc1ccc([N+](=O)[O-])cc1NC(=O)C(C)NC(=O)c1ccccc1Cl. The van der Waals surface area contributed by atoms with Gasteiger partial charge in [-0.05, 0) is 31.5 Å². The molecule has 25 heavy (non-hydrogen) atoms. The average molecular weight is 362 g/mol. The van der Waals surface area contributed by atoms with Gasteiger partial charge in [0.15, 0.2) is 0 Å². The lowest BCUT2D eigenvalue weighted by Crippen LogP contribution is -2.41. The highest BCUT2D eigenvalue weighted by Gasteiger charge is 2.19. The fourth-order valence-electron chi connectivity index (χ4n) is 2.08. The Morgan fingerprint density at radius 3 is 2.52 bits per heavy atom. The molecule has 2 amide bonds. The summed E-state index contributed by atoms with van der Waals surface area (Å²) in [6, 6.07) is 9.80. The van der Waals surface area contributed by atoms with E-state index in [1.807, 2.05) is 0 Å². The van der Waals surface area contributed by atoms with E-state index in [1.165, 1.54) is 19.1 Å². The van der Waals surface area contributed by atoms with Crippen LogP contribution < -0.4 is 10.6 Å². The van der Waals surface area contributed by atoms with E-state index in [4.69, 9.17) is 11.6 Å². The Morgan fingerprint density at radius 2 is 1.88 bits per heavy atom. The number of nitrogens with zero attached hydrogens (tertiary/aromatic N) is 1. The van der Waals surface area contributed by atoms with Crippen LogP contribution in [0.25, 0.3) is 0 Å². The van der Waals surface area contributed by atoms with Gasteiger partial charge < -0.3 is 10.6 Å². The van der Waals surface area contributed by atoms with Crippen molar-refractivity contribution in [3.05, 3.63) is 68.7 Å². The molecule has 8 heteroatoms. The number of nitro groups is 1. The van der Waals surface area contributed by atoms with Gasteiger partial charge in [0.2, 0.25) is 5.91 Å². The quantitative estimate of drug-likeness (QED) is 0.630. The molecule has 0 saturated carbocycles. The number of hydrogen-bond acceptors (Lipinski definition) is 4. The minimum atomic E-state index is -0.859. The number of aryl methyl sites for hydroxylation is 1. The van der Waals surface area contributed by atoms with E-state index in [0.29, 0.717) is 11.3 Å². The zero-order chi connectivity index (χ0) is 18.6. The van der Waals surface area contributed by atoms with E-state index in [-0.39, 0.29) is 16.3 Å². The highest BCUT2D eigenvalue weighted by molar-refractivity contribution is 6.33. The largest absolute Gasteiger partial charge is 0.340 e. The van der Waals surface area contributed by atoms with Gasteiger partial charge in [-0.2, -0.15) is 0 Å². The van der Waals surface area contributed by atoms with Crippen molar-refractivity contribution in [2.45, 2.75) is 19.9 Å². The lowest BCUT2D eigenvalue weighted by Gasteiger charge is -2.15. The van der Waals surface area contributed by atoms with Gasteiger partial charge in [-0.15, -0.1) is 0 Å². The van der Waals surface area contributed by atoms with Crippen molar-refractivity contribution in [1.82, 2.24) is 5.32 Å². The van der Waals surface area contributed by atoms with Gasteiger partial charge >= 0.3 is 0 Å². The van der Waals surface area contributed by atoms with Crippen LogP contribution >= 0.6 is 11.6 Å². The number of amides is 2. The first-order chi connectivity index (χ1) is 11.8. The van der Waals surface area contributed by atoms with Crippen LogP contribution in [0.4, 0.5) is 11.4 Å². The van der Waals surface area contributed by atoms with E-state index in [2.05, 4.69) is 10.6 Å². The third-order valence-electron chi connectivity index (χ3n) is 3.55. The molecular weight excluding hydrogens is 346 g/mol. The predicted molar refractivity (Wildman–Crippen MR) is 94.8 cm³/mol. The zero-order valence-electron chi connectivity index (χ0n) is 13.6. The summed E-state index contributed by atoms with van der Waals surface area (Å²) in [5, 5.41) is 16.3. The Balaban J connectivity index is 2.08. The van der Waals surface area contributed by atoms with Crippen LogP contribution in [-0.4, -0.2) is 22.8 Å². The minimum absolute atomic E-state index is 0.131. The molecule has 0 aliphatic rings. The second kappa shape index (κ2) is 7.76. The van der Waals surface area contributed by atoms with Crippen LogP contribution in [-0.2, 0) is 4.79 Å². The number of non-ortho nitro benzene ring substituents is 1.